The summed E-state index contributed by atoms with van der Waals surface area (Å²) < 4.78 is 12.5. The fourth-order valence-corrected chi connectivity index (χ4v) is 3.28. The van der Waals surface area contributed by atoms with E-state index in [1.165, 1.54) is 19.3 Å². The molecule has 0 saturated heterocycles. The lowest BCUT2D eigenvalue weighted by atomic mass is 9.86. The summed E-state index contributed by atoms with van der Waals surface area (Å²) in [7, 11) is 3.23. The molecular formula is C17H21N3O3. The maximum Gasteiger partial charge on any atom is 0.172 e. The monoisotopic (exact) mass is 315 g/mol. The molecule has 0 N–H and O–H groups in total. The van der Waals surface area contributed by atoms with Crippen molar-refractivity contribution < 1.29 is 14.3 Å². The average molecular weight is 315 g/mol. The highest BCUT2D eigenvalue weighted by Crippen LogP contribution is 2.36. The Morgan fingerprint density at radius 1 is 1.17 bits per heavy atom. The van der Waals surface area contributed by atoms with Crippen molar-refractivity contribution in [2.75, 3.05) is 14.2 Å². The maximum atomic E-state index is 11.4. The zero-order valence-electron chi connectivity index (χ0n) is 13.5. The van der Waals surface area contributed by atoms with Crippen molar-refractivity contribution in [3.8, 4) is 17.2 Å². The van der Waals surface area contributed by atoms with Crippen LogP contribution < -0.4 is 9.47 Å². The number of ether oxygens (including phenoxy) is 2. The van der Waals surface area contributed by atoms with Gasteiger partial charge in [-0.3, -0.25) is 4.79 Å². The molecule has 122 valence electrons. The van der Waals surface area contributed by atoms with Gasteiger partial charge in [0.1, 0.15) is 22.9 Å². The number of aromatic nitrogens is 3. The molecule has 1 aliphatic carbocycles. The van der Waals surface area contributed by atoms with Crippen LogP contribution in [0.15, 0.2) is 18.2 Å². The summed E-state index contributed by atoms with van der Waals surface area (Å²) in [5.74, 6) is 1.68. The molecule has 6 heteroatoms. The molecule has 1 aromatic carbocycles. The fraction of sp³-hybridized carbons (Fsp3) is 0.471. The second kappa shape index (κ2) is 6.81. The van der Waals surface area contributed by atoms with Gasteiger partial charge in [0.25, 0.3) is 0 Å². The topological polar surface area (TPSA) is 66.2 Å². The Labute approximate surface area is 135 Å². The van der Waals surface area contributed by atoms with E-state index in [0.29, 0.717) is 23.1 Å². The smallest absolute Gasteiger partial charge is 0.172 e. The molecule has 0 bridgehead atoms. The van der Waals surface area contributed by atoms with Crippen LogP contribution in [0.3, 0.4) is 0 Å². The lowest BCUT2D eigenvalue weighted by molar-refractivity contribution is 0.111. The van der Waals surface area contributed by atoms with Crippen LogP contribution >= 0.6 is 0 Å². The third-order valence-corrected chi connectivity index (χ3v) is 4.45. The minimum atomic E-state index is 0.301. The van der Waals surface area contributed by atoms with Crippen molar-refractivity contribution in [2.45, 2.75) is 38.0 Å². The molecule has 0 radical (unpaired) electrons. The molecule has 0 aliphatic heterocycles. The largest absolute Gasteiger partial charge is 0.497 e. The number of hydrogen-bond donors (Lipinski definition) is 0. The summed E-state index contributed by atoms with van der Waals surface area (Å²) in [5, 5.41) is 8.28. The third kappa shape index (κ3) is 2.93. The van der Waals surface area contributed by atoms with Crippen LogP contribution in [0.4, 0.5) is 0 Å². The molecule has 1 aliphatic rings. The SMILES string of the molecule is COc1ccc(OC)c(-n2nnc(C=O)c2C2CCCCC2)c1. The van der Waals surface area contributed by atoms with Gasteiger partial charge in [0.15, 0.2) is 6.29 Å². The van der Waals surface area contributed by atoms with Crippen molar-refractivity contribution in [1.29, 1.82) is 0 Å². The summed E-state index contributed by atoms with van der Waals surface area (Å²) in [6.07, 6.45) is 6.49. The summed E-state index contributed by atoms with van der Waals surface area (Å²) >= 11 is 0. The molecule has 1 saturated carbocycles. The van der Waals surface area contributed by atoms with Crippen molar-refractivity contribution >= 4 is 6.29 Å². The zero-order chi connectivity index (χ0) is 16.2. The molecule has 3 rings (SSSR count). The summed E-state index contributed by atoms with van der Waals surface area (Å²) in [5.41, 5.74) is 2.04. The van der Waals surface area contributed by atoms with E-state index in [9.17, 15) is 4.79 Å². The van der Waals surface area contributed by atoms with Gasteiger partial charge >= 0.3 is 0 Å². The Morgan fingerprint density at radius 2 is 1.96 bits per heavy atom. The number of nitrogens with zero attached hydrogens (tertiary/aromatic N) is 3. The number of carbonyl (C=O) groups is 1. The lowest BCUT2D eigenvalue weighted by Crippen LogP contribution is -2.13. The van der Waals surface area contributed by atoms with Gasteiger partial charge in [-0.25, -0.2) is 4.68 Å². The van der Waals surface area contributed by atoms with Crippen LogP contribution in [0.5, 0.6) is 11.5 Å². The first-order valence-electron chi connectivity index (χ1n) is 7.91. The van der Waals surface area contributed by atoms with Crippen LogP contribution in [0.1, 0.15) is 54.2 Å². The van der Waals surface area contributed by atoms with E-state index in [4.69, 9.17) is 9.47 Å². The van der Waals surface area contributed by atoms with Crippen LogP contribution in [-0.4, -0.2) is 35.5 Å². The summed E-state index contributed by atoms with van der Waals surface area (Å²) in [4.78, 5) is 11.4. The Morgan fingerprint density at radius 3 is 2.61 bits per heavy atom. The first-order chi connectivity index (χ1) is 11.3. The van der Waals surface area contributed by atoms with Gasteiger partial charge in [-0.05, 0) is 25.0 Å². The molecule has 0 amide bonds. The quantitative estimate of drug-likeness (QED) is 0.793. The van der Waals surface area contributed by atoms with Gasteiger partial charge in [0.2, 0.25) is 0 Å². The van der Waals surface area contributed by atoms with E-state index in [2.05, 4.69) is 10.3 Å². The molecule has 0 atom stereocenters. The minimum absolute atomic E-state index is 0.301. The molecule has 0 unspecified atom stereocenters. The molecular weight excluding hydrogens is 294 g/mol. The van der Waals surface area contributed by atoms with Gasteiger partial charge in [0.05, 0.1) is 19.9 Å². The highest BCUT2D eigenvalue weighted by Gasteiger charge is 2.26. The van der Waals surface area contributed by atoms with E-state index < -0.39 is 0 Å². The summed E-state index contributed by atoms with van der Waals surface area (Å²) in [6, 6.07) is 5.52. The fourth-order valence-electron chi connectivity index (χ4n) is 3.28. The Hall–Kier alpha value is -2.37. The lowest BCUT2D eigenvalue weighted by Gasteiger charge is -2.23. The van der Waals surface area contributed by atoms with Gasteiger partial charge in [-0.1, -0.05) is 24.5 Å². The van der Waals surface area contributed by atoms with Gasteiger partial charge < -0.3 is 9.47 Å². The third-order valence-electron chi connectivity index (χ3n) is 4.45. The average Bonchev–Trinajstić information content (AvgIpc) is 3.05. The molecule has 0 spiro atoms. The van der Waals surface area contributed by atoms with E-state index in [0.717, 1.165) is 30.5 Å². The predicted octanol–water partition coefficient (Wildman–Crippen LogP) is 3.14. The first-order valence-corrected chi connectivity index (χ1v) is 7.91. The highest BCUT2D eigenvalue weighted by molar-refractivity contribution is 5.74. The highest BCUT2D eigenvalue weighted by atomic mass is 16.5. The molecule has 1 fully saturated rings. The Balaban J connectivity index is 2.12. The minimum Gasteiger partial charge on any atom is -0.497 e. The second-order valence-corrected chi connectivity index (χ2v) is 5.76. The Bertz CT molecular complexity index is 690. The van der Waals surface area contributed by atoms with Crippen LogP contribution in [-0.2, 0) is 0 Å². The Kier molecular flexibility index (Phi) is 4.60. The van der Waals surface area contributed by atoms with Crippen LogP contribution in [0, 0.1) is 0 Å². The normalized spacial score (nSPS) is 15.4. The summed E-state index contributed by atoms with van der Waals surface area (Å²) in [6.45, 7) is 0. The maximum absolute atomic E-state index is 11.4. The van der Waals surface area contributed by atoms with Crippen molar-refractivity contribution in [3.05, 3.63) is 29.6 Å². The van der Waals surface area contributed by atoms with Crippen LogP contribution in [0.25, 0.3) is 5.69 Å². The van der Waals surface area contributed by atoms with Crippen molar-refractivity contribution in [1.82, 2.24) is 15.0 Å². The van der Waals surface area contributed by atoms with E-state index >= 15 is 0 Å². The van der Waals surface area contributed by atoms with Gasteiger partial charge in [-0.15, -0.1) is 5.10 Å². The molecule has 6 nitrogen and oxygen atoms in total. The van der Waals surface area contributed by atoms with Crippen LogP contribution in [0.2, 0.25) is 0 Å². The molecule has 1 aromatic heterocycles. The number of carbonyl (C=O) groups excluding carboxylic acids is 1. The molecule has 23 heavy (non-hydrogen) atoms. The molecule has 1 heterocycles. The number of benzene rings is 1. The first kappa shape index (κ1) is 15.5. The van der Waals surface area contributed by atoms with Gasteiger partial charge in [0, 0.05) is 12.0 Å². The number of methoxy groups -OCH3 is 2. The number of hydrogen-bond acceptors (Lipinski definition) is 5. The second-order valence-electron chi connectivity index (χ2n) is 5.76. The molecule has 2 aromatic rings. The van der Waals surface area contributed by atoms with Crippen molar-refractivity contribution in [2.24, 2.45) is 0 Å². The van der Waals surface area contributed by atoms with E-state index in [1.54, 1.807) is 18.9 Å². The predicted molar refractivity (Wildman–Crippen MR) is 85.7 cm³/mol. The number of aldehydes is 1. The zero-order valence-corrected chi connectivity index (χ0v) is 13.5. The standard InChI is InChI=1S/C17H21N3O3/c1-22-13-8-9-16(23-2)15(10-13)20-17(14(11-21)18-19-20)12-6-4-3-5-7-12/h8-12H,3-7H2,1-2H3. The van der Waals surface area contributed by atoms with Gasteiger partial charge in [-0.2, -0.15) is 0 Å². The van der Waals surface area contributed by atoms with E-state index in [1.807, 2.05) is 18.2 Å². The van der Waals surface area contributed by atoms with E-state index in [-0.39, 0.29) is 0 Å². The van der Waals surface area contributed by atoms with Crippen molar-refractivity contribution in [3.63, 3.8) is 0 Å². The number of rotatable bonds is 5.